The van der Waals surface area contributed by atoms with Gasteiger partial charge < -0.3 is 23.7 Å². The van der Waals surface area contributed by atoms with E-state index in [0.717, 1.165) is 55.4 Å². The summed E-state index contributed by atoms with van der Waals surface area (Å²) in [7, 11) is 1.93. The van der Waals surface area contributed by atoms with Crippen LogP contribution in [0.4, 0.5) is 19.1 Å². The largest absolute Gasteiger partial charge is 0.490 e. The molecule has 0 bridgehead atoms. The molecule has 0 aliphatic carbocycles. The van der Waals surface area contributed by atoms with Crippen molar-refractivity contribution >= 4 is 22.8 Å². The number of carbonyl (C=O) groups excluding carboxylic acids is 1. The van der Waals surface area contributed by atoms with Crippen molar-refractivity contribution in [2.24, 2.45) is 7.05 Å². The molecule has 44 heavy (non-hydrogen) atoms. The molecule has 5 heterocycles. The van der Waals surface area contributed by atoms with Crippen LogP contribution < -0.4 is 9.64 Å². The molecule has 0 atom stereocenters. The van der Waals surface area contributed by atoms with Crippen LogP contribution in [0, 0.1) is 0 Å². The Bertz CT molecular complexity index is 1630. The first kappa shape index (κ1) is 29.9. The normalized spacial score (nSPS) is 16.8. The molecule has 9 nitrogen and oxygen atoms in total. The molecule has 3 aromatic heterocycles. The van der Waals surface area contributed by atoms with Gasteiger partial charge in [-0.05, 0) is 50.1 Å². The fourth-order valence-electron chi connectivity index (χ4n) is 6.24. The van der Waals surface area contributed by atoms with Crippen LogP contribution in [0.15, 0.2) is 48.8 Å². The van der Waals surface area contributed by atoms with E-state index in [1.165, 1.54) is 12.1 Å². The molecule has 0 radical (unpaired) electrons. The molecular formula is C32H34F3N5O4. The molecule has 0 amide bonds. The highest BCUT2D eigenvalue weighted by Crippen LogP contribution is 2.43. The summed E-state index contributed by atoms with van der Waals surface area (Å²) in [6.07, 6.45) is 1.71. The van der Waals surface area contributed by atoms with Gasteiger partial charge in [0, 0.05) is 87.2 Å². The highest BCUT2D eigenvalue weighted by atomic mass is 19.4. The minimum absolute atomic E-state index is 0.00791. The molecule has 0 unspecified atom stereocenters. The maximum atomic E-state index is 14.2. The zero-order valence-electron chi connectivity index (χ0n) is 24.6. The minimum atomic E-state index is -4.84. The quantitative estimate of drug-likeness (QED) is 0.230. The standard InChI is InChI=1S/C32H34F3N5O4/c1-3-43-30(41)24-7-8-25(38-29(24)32(33,34)35)27-23-6-5-22(19-26(23)39(2)28(27)20-11-17-42-18-12-20)44-21-9-15-40(16-10-21)31-36-13-4-14-37-31/h4-8,13-14,19-21H,3,9-12,15-18H2,1-2H3. The number of nitrogens with zero attached hydrogens (tertiary/aromatic N) is 5. The molecule has 1 aromatic carbocycles. The van der Waals surface area contributed by atoms with Gasteiger partial charge in [-0.2, -0.15) is 13.2 Å². The SMILES string of the molecule is CCOC(=O)c1ccc(-c2c(C3CCOCC3)n(C)c3cc(OC4CCN(c5ncccn5)CC4)ccc23)nc1C(F)(F)F. The topological polar surface area (TPSA) is 91.6 Å². The van der Waals surface area contributed by atoms with Crippen molar-refractivity contribution in [3.05, 3.63) is 65.7 Å². The van der Waals surface area contributed by atoms with Crippen molar-refractivity contribution in [2.75, 3.05) is 37.8 Å². The number of aromatic nitrogens is 4. The summed E-state index contributed by atoms with van der Waals surface area (Å²) in [6, 6.07) is 10.1. The molecule has 2 aliphatic rings. The molecule has 2 aliphatic heterocycles. The summed E-state index contributed by atoms with van der Waals surface area (Å²) >= 11 is 0. The number of benzene rings is 1. The molecule has 2 saturated heterocycles. The van der Waals surface area contributed by atoms with Gasteiger partial charge in [0.2, 0.25) is 5.95 Å². The van der Waals surface area contributed by atoms with Crippen LogP contribution in [-0.4, -0.2) is 64.5 Å². The second-order valence-corrected chi connectivity index (χ2v) is 11.0. The number of alkyl halides is 3. The third-order valence-corrected chi connectivity index (χ3v) is 8.32. The van der Waals surface area contributed by atoms with Gasteiger partial charge in [-0.3, -0.25) is 0 Å². The number of fused-ring (bicyclic) bond motifs is 1. The van der Waals surface area contributed by atoms with E-state index in [9.17, 15) is 18.0 Å². The van der Waals surface area contributed by atoms with Crippen LogP contribution in [0.2, 0.25) is 0 Å². The van der Waals surface area contributed by atoms with Gasteiger partial charge in [0.15, 0.2) is 5.69 Å². The average Bonchev–Trinajstić information content (AvgIpc) is 3.33. The first-order chi connectivity index (χ1) is 21.2. The Morgan fingerprint density at radius 2 is 1.77 bits per heavy atom. The number of esters is 1. The maximum Gasteiger partial charge on any atom is 0.434 e. The van der Waals surface area contributed by atoms with Crippen LogP contribution in [0.5, 0.6) is 5.75 Å². The second kappa shape index (κ2) is 12.4. The summed E-state index contributed by atoms with van der Waals surface area (Å²) in [6.45, 7) is 4.18. The Labute approximate surface area is 253 Å². The van der Waals surface area contributed by atoms with Crippen molar-refractivity contribution in [1.82, 2.24) is 19.5 Å². The number of rotatable bonds is 7. The summed E-state index contributed by atoms with van der Waals surface area (Å²) < 4.78 is 61.5. The van der Waals surface area contributed by atoms with Crippen molar-refractivity contribution in [3.63, 3.8) is 0 Å². The van der Waals surface area contributed by atoms with E-state index in [4.69, 9.17) is 14.2 Å². The predicted molar refractivity (Wildman–Crippen MR) is 158 cm³/mol. The van der Waals surface area contributed by atoms with Crippen LogP contribution in [0.25, 0.3) is 22.2 Å². The van der Waals surface area contributed by atoms with Crippen molar-refractivity contribution in [3.8, 4) is 17.0 Å². The van der Waals surface area contributed by atoms with E-state index in [1.807, 2.05) is 29.8 Å². The van der Waals surface area contributed by atoms with E-state index in [0.29, 0.717) is 30.5 Å². The highest BCUT2D eigenvalue weighted by molar-refractivity contribution is 5.99. The molecule has 0 spiro atoms. The number of hydrogen-bond donors (Lipinski definition) is 0. The van der Waals surface area contributed by atoms with Crippen molar-refractivity contribution < 1.29 is 32.2 Å². The second-order valence-electron chi connectivity index (χ2n) is 11.0. The first-order valence-electron chi connectivity index (χ1n) is 14.9. The molecular weight excluding hydrogens is 575 g/mol. The van der Waals surface area contributed by atoms with Crippen molar-refractivity contribution in [1.29, 1.82) is 0 Å². The monoisotopic (exact) mass is 609 g/mol. The fraction of sp³-hybridized carbons (Fsp3) is 0.438. The Balaban J connectivity index is 1.36. The van der Waals surface area contributed by atoms with Gasteiger partial charge in [-0.1, -0.05) is 0 Å². The van der Waals surface area contributed by atoms with E-state index in [1.54, 1.807) is 25.4 Å². The van der Waals surface area contributed by atoms with Gasteiger partial charge in [-0.15, -0.1) is 0 Å². The van der Waals surface area contributed by atoms with Gasteiger partial charge in [0.1, 0.15) is 11.9 Å². The van der Waals surface area contributed by atoms with Crippen LogP contribution in [0.1, 0.15) is 60.3 Å². The molecule has 232 valence electrons. The number of pyridine rings is 1. The molecule has 6 rings (SSSR count). The Kier molecular flexibility index (Phi) is 8.44. The lowest BCUT2D eigenvalue weighted by molar-refractivity contribution is -0.141. The zero-order chi connectivity index (χ0) is 30.8. The minimum Gasteiger partial charge on any atom is -0.490 e. The number of ether oxygens (including phenoxy) is 3. The number of halogens is 3. The lowest BCUT2D eigenvalue weighted by Crippen LogP contribution is -2.39. The van der Waals surface area contributed by atoms with E-state index < -0.39 is 23.4 Å². The molecule has 0 N–H and O–H groups in total. The summed E-state index contributed by atoms with van der Waals surface area (Å²) in [4.78, 5) is 27.3. The fourth-order valence-corrected chi connectivity index (χ4v) is 6.24. The third-order valence-electron chi connectivity index (χ3n) is 8.32. The number of anilines is 1. The summed E-state index contributed by atoms with van der Waals surface area (Å²) in [5.41, 5.74) is 0.645. The lowest BCUT2D eigenvalue weighted by Gasteiger charge is -2.32. The number of hydrogen-bond acceptors (Lipinski definition) is 8. The lowest BCUT2D eigenvalue weighted by atomic mass is 9.91. The van der Waals surface area contributed by atoms with E-state index in [2.05, 4.69) is 19.9 Å². The predicted octanol–water partition coefficient (Wildman–Crippen LogP) is 6.17. The molecule has 12 heteroatoms. The molecule has 0 saturated carbocycles. The van der Waals surface area contributed by atoms with Crippen LogP contribution in [0.3, 0.4) is 0 Å². The van der Waals surface area contributed by atoms with Crippen molar-refractivity contribution in [2.45, 2.75) is 50.8 Å². The molecule has 4 aromatic rings. The number of carbonyl (C=O) groups is 1. The Hall–Kier alpha value is -4.19. The highest BCUT2D eigenvalue weighted by Gasteiger charge is 2.39. The smallest absolute Gasteiger partial charge is 0.434 e. The number of piperidine rings is 1. The molecule has 2 fully saturated rings. The van der Waals surface area contributed by atoms with Gasteiger partial charge in [-0.25, -0.2) is 19.7 Å². The summed E-state index contributed by atoms with van der Waals surface area (Å²) in [5, 5.41) is 0.766. The van der Waals surface area contributed by atoms with E-state index >= 15 is 0 Å². The maximum absolute atomic E-state index is 14.2. The van der Waals surface area contributed by atoms with Gasteiger partial charge >= 0.3 is 12.1 Å². The van der Waals surface area contributed by atoms with E-state index in [-0.39, 0.29) is 24.3 Å². The Morgan fingerprint density at radius 1 is 1.05 bits per heavy atom. The van der Waals surface area contributed by atoms with Crippen LogP contribution in [-0.2, 0) is 22.7 Å². The average molecular weight is 610 g/mol. The Morgan fingerprint density at radius 3 is 2.45 bits per heavy atom. The zero-order valence-corrected chi connectivity index (χ0v) is 24.6. The first-order valence-corrected chi connectivity index (χ1v) is 14.9. The van der Waals surface area contributed by atoms with Gasteiger partial charge in [0.05, 0.1) is 23.4 Å². The van der Waals surface area contributed by atoms with Crippen LogP contribution >= 0.6 is 0 Å². The summed E-state index contributed by atoms with van der Waals surface area (Å²) in [5.74, 6) is 0.414. The third kappa shape index (κ3) is 5.95. The number of aryl methyl sites for hydroxylation is 1. The van der Waals surface area contributed by atoms with Gasteiger partial charge in [0.25, 0.3) is 0 Å².